The summed E-state index contributed by atoms with van der Waals surface area (Å²) in [6.07, 6.45) is 0. The smallest absolute Gasteiger partial charge is 0.335 e. The number of carboxylic acid groups (broad SMARTS) is 1. The molecule has 28 heavy (non-hydrogen) atoms. The zero-order valence-corrected chi connectivity index (χ0v) is 17.3. The Labute approximate surface area is 168 Å². The third-order valence-electron chi connectivity index (χ3n) is 4.36. The summed E-state index contributed by atoms with van der Waals surface area (Å²) in [5, 5.41) is 11.7. The highest BCUT2D eigenvalue weighted by Gasteiger charge is 2.27. The van der Waals surface area contributed by atoms with Gasteiger partial charge in [0.1, 0.15) is 5.01 Å². The molecule has 0 unspecified atom stereocenters. The summed E-state index contributed by atoms with van der Waals surface area (Å²) in [7, 11) is -3.94. The van der Waals surface area contributed by atoms with Gasteiger partial charge in [-0.2, -0.15) is 0 Å². The van der Waals surface area contributed by atoms with Crippen LogP contribution in [0.4, 0.5) is 5.82 Å². The molecule has 2 aromatic carbocycles. The molecule has 0 spiro atoms. The van der Waals surface area contributed by atoms with Gasteiger partial charge in [0, 0.05) is 17.5 Å². The maximum atomic E-state index is 13.1. The van der Waals surface area contributed by atoms with E-state index >= 15 is 0 Å². The number of carboxylic acids is 1. The lowest BCUT2D eigenvalue weighted by Gasteiger charge is -2.20. The second-order valence-electron chi connectivity index (χ2n) is 6.33. The van der Waals surface area contributed by atoms with Crippen molar-refractivity contribution in [2.24, 2.45) is 0 Å². The zero-order chi connectivity index (χ0) is 20.5. The molecule has 0 aliphatic carbocycles. The number of nitrogens with zero attached hydrogens (tertiary/aromatic N) is 2. The maximum absolute atomic E-state index is 13.1. The van der Waals surface area contributed by atoms with E-state index in [-0.39, 0.29) is 17.0 Å². The highest BCUT2D eigenvalue weighted by atomic mass is 32.2. The number of hydrogen-bond acceptors (Lipinski definition) is 5. The Morgan fingerprint density at radius 2 is 1.82 bits per heavy atom. The van der Waals surface area contributed by atoms with Crippen LogP contribution in [0.3, 0.4) is 0 Å². The van der Waals surface area contributed by atoms with Gasteiger partial charge in [-0.15, -0.1) is 11.3 Å². The molecular weight excluding hydrogens is 396 g/mol. The van der Waals surface area contributed by atoms with E-state index < -0.39 is 16.0 Å². The molecule has 0 saturated carbocycles. The summed E-state index contributed by atoms with van der Waals surface area (Å²) >= 11 is 1.36. The molecule has 1 heterocycles. The molecule has 0 bridgehead atoms. The minimum Gasteiger partial charge on any atom is -0.478 e. The van der Waals surface area contributed by atoms with Crippen LogP contribution < -0.4 is 4.31 Å². The van der Waals surface area contributed by atoms with E-state index in [1.54, 1.807) is 19.2 Å². The minimum absolute atomic E-state index is 0.0317. The van der Waals surface area contributed by atoms with Crippen LogP contribution in [0.25, 0.3) is 10.6 Å². The fraction of sp³-hybridized carbons (Fsp3) is 0.200. The topological polar surface area (TPSA) is 87.6 Å². The molecule has 0 aliphatic rings. The van der Waals surface area contributed by atoms with E-state index in [0.717, 1.165) is 16.1 Å². The van der Waals surface area contributed by atoms with Gasteiger partial charge in [0.05, 0.1) is 10.5 Å². The number of sulfonamides is 1. The van der Waals surface area contributed by atoms with Gasteiger partial charge < -0.3 is 5.11 Å². The molecule has 0 amide bonds. The van der Waals surface area contributed by atoms with Gasteiger partial charge >= 0.3 is 5.97 Å². The fourth-order valence-electron chi connectivity index (χ4n) is 2.78. The number of carbonyl (C=O) groups is 1. The first-order valence-corrected chi connectivity index (χ1v) is 10.9. The molecule has 3 rings (SSSR count). The van der Waals surface area contributed by atoms with Gasteiger partial charge in [-0.25, -0.2) is 22.5 Å². The van der Waals surface area contributed by atoms with Crippen molar-refractivity contribution in [3.8, 4) is 10.6 Å². The van der Waals surface area contributed by atoms with Gasteiger partial charge in [0.25, 0.3) is 10.0 Å². The standard InChI is InChI=1S/C20H20N2O4S2/c1-4-22(18-12-27-19(21-18)15-8-5-13(2)6-9-15)28(25,26)16-10-7-14(3)17(11-16)20(23)24/h5-12H,4H2,1-3H3,(H,23,24). The number of rotatable bonds is 6. The highest BCUT2D eigenvalue weighted by molar-refractivity contribution is 7.92. The first kappa shape index (κ1) is 20.0. The average Bonchev–Trinajstić information content (AvgIpc) is 3.12. The van der Waals surface area contributed by atoms with Gasteiger partial charge in [0.2, 0.25) is 0 Å². The van der Waals surface area contributed by atoms with Crippen molar-refractivity contribution >= 4 is 33.1 Å². The third kappa shape index (κ3) is 3.79. The quantitative estimate of drug-likeness (QED) is 0.646. The van der Waals surface area contributed by atoms with Gasteiger partial charge in [-0.3, -0.25) is 0 Å². The first-order chi connectivity index (χ1) is 13.2. The highest BCUT2D eigenvalue weighted by Crippen LogP contribution is 2.31. The number of aryl methyl sites for hydroxylation is 2. The Balaban J connectivity index is 2.00. The number of benzene rings is 2. The minimum atomic E-state index is -3.94. The predicted octanol–water partition coefficient (Wildman–Crippen LogP) is 4.34. The van der Waals surface area contributed by atoms with Gasteiger partial charge in [-0.05, 0) is 38.5 Å². The largest absolute Gasteiger partial charge is 0.478 e. The van der Waals surface area contributed by atoms with Crippen LogP contribution in [0.2, 0.25) is 0 Å². The molecule has 0 radical (unpaired) electrons. The van der Waals surface area contributed by atoms with Crippen LogP contribution in [0.15, 0.2) is 52.7 Å². The van der Waals surface area contributed by atoms with Gasteiger partial charge in [-0.1, -0.05) is 35.9 Å². The second kappa shape index (κ2) is 7.73. The third-order valence-corrected chi connectivity index (χ3v) is 7.11. The molecule has 6 nitrogen and oxygen atoms in total. The normalized spacial score (nSPS) is 11.4. The molecular formula is C20H20N2O4S2. The molecule has 146 valence electrons. The predicted molar refractivity (Wildman–Crippen MR) is 111 cm³/mol. The summed E-state index contributed by atoms with van der Waals surface area (Å²) in [5.74, 6) is -0.839. The van der Waals surface area contributed by atoms with Crippen molar-refractivity contribution in [2.75, 3.05) is 10.8 Å². The summed E-state index contributed by atoms with van der Waals surface area (Å²) < 4.78 is 27.5. The van der Waals surface area contributed by atoms with E-state index in [4.69, 9.17) is 0 Å². The number of hydrogen-bond donors (Lipinski definition) is 1. The van der Waals surface area contributed by atoms with Crippen molar-refractivity contribution in [3.05, 3.63) is 64.5 Å². The Kier molecular flexibility index (Phi) is 5.53. The number of anilines is 1. The lowest BCUT2D eigenvalue weighted by Crippen LogP contribution is -2.31. The van der Waals surface area contributed by atoms with Crippen molar-refractivity contribution in [3.63, 3.8) is 0 Å². The lowest BCUT2D eigenvalue weighted by atomic mass is 10.1. The molecule has 1 N–H and O–H groups in total. The van der Waals surface area contributed by atoms with Crippen molar-refractivity contribution in [2.45, 2.75) is 25.7 Å². The van der Waals surface area contributed by atoms with E-state index in [1.807, 2.05) is 31.2 Å². The molecule has 0 atom stereocenters. The number of aromatic nitrogens is 1. The van der Waals surface area contributed by atoms with Gasteiger partial charge in [0.15, 0.2) is 5.82 Å². The van der Waals surface area contributed by atoms with E-state index in [1.165, 1.54) is 33.8 Å². The molecule has 8 heteroatoms. The molecule has 0 aliphatic heterocycles. The zero-order valence-electron chi connectivity index (χ0n) is 15.7. The summed E-state index contributed by atoms with van der Waals surface area (Å²) in [6, 6.07) is 12.0. The Bertz CT molecular complexity index is 1120. The average molecular weight is 417 g/mol. The molecule has 3 aromatic rings. The van der Waals surface area contributed by atoms with Crippen molar-refractivity contribution < 1.29 is 18.3 Å². The van der Waals surface area contributed by atoms with E-state index in [0.29, 0.717) is 11.4 Å². The van der Waals surface area contributed by atoms with E-state index in [2.05, 4.69) is 4.98 Å². The fourth-order valence-corrected chi connectivity index (χ4v) is 5.11. The van der Waals surface area contributed by atoms with Crippen LogP contribution >= 0.6 is 11.3 Å². The Hall–Kier alpha value is -2.71. The SMILES string of the molecule is CCN(c1csc(-c2ccc(C)cc2)n1)S(=O)(=O)c1ccc(C)c(C(=O)O)c1. The lowest BCUT2D eigenvalue weighted by molar-refractivity contribution is 0.0696. The van der Waals surface area contributed by atoms with Crippen LogP contribution in [0.1, 0.15) is 28.4 Å². The van der Waals surface area contributed by atoms with Crippen molar-refractivity contribution in [1.29, 1.82) is 0 Å². The van der Waals surface area contributed by atoms with Crippen LogP contribution in [0, 0.1) is 13.8 Å². The summed E-state index contributed by atoms with van der Waals surface area (Å²) in [5.41, 5.74) is 2.52. The molecule has 0 fully saturated rings. The summed E-state index contributed by atoms with van der Waals surface area (Å²) in [4.78, 5) is 15.8. The van der Waals surface area contributed by atoms with Crippen molar-refractivity contribution in [1.82, 2.24) is 4.98 Å². The second-order valence-corrected chi connectivity index (χ2v) is 9.05. The maximum Gasteiger partial charge on any atom is 0.335 e. The van der Waals surface area contributed by atoms with Crippen LogP contribution in [0.5, 0.6) is 0 Å². The molecule has 0 saturated heterocycles. The van der Waals surface area contributed by atoms with Crippen LogP contribution in [-0.4, -0.2) is 31.0 Å². The number of aromatic carboxylic acids is 1. The van der Waals surface area contributed by atoms with E-state index in [9.17, 15) is 18.3 Å². The Morgan fingerprint density at radius 1 is 1.14 bits per heavy atom. The molecule has 1 aromatic heterocycles. The summed E-state index contributed by atoms with van der Waals surface area (Å²) in [6.45, 7) is 5.52. The van der Waals surface area contributed by atoms with Crippen LogP contribution in [-0.2, 0) is 10.0 Å². The number of thiazole rings is 1. The monoisotopic (exact) mass is 416 g/mol. The first-order valence-electron chi connectivity index (χ1n) is 8.63. The Morgan fingerprint density at radius 3 is 2.43 bits per heavy atom.